The van der Waals surface area contributed by atoms with Crippen molar-refractivity contribution in [3.05, 3.63) is 215 Å². The van der Waals surface area contributed by atoms with Gasteiger partial charge in [-0.05, 0) is 0 Å². The van der Waals surface area contributed by atoms with Crippen LogP contribution in [0.2, 0.25) is 0 Å². The maximum atomic E-state index is 11.8. The van der Waals surface area contributed by atoms with Gasteiger partial charge in [0, 0.05) is 50.4 Å². The molecule has 6 rings (SSSR count). The molecule has 0 amide bonds. The monoisotopic (exact) mass is 728 g/mol. The third-order valence-corrected chi connectivity index (χ3v) is 7.54. The van der Waals surface area contributed by atoms with Crippen molar-refractivity contribution in [1.82, 2.24) is 0 Å². The van der Waals surface area contributed by atoms with E-state index in [2.05, 4.69) is 0 Å². The number of carbonyl (C=O) groups is 6. The zero-order valence-electron chi connectivity index (χ0n) is 28.2. The van der Waals surface area contributed by atoms with E-state index in [1.807, 2.05) is 36.4 Å². The van der Waals surface area contributed by atoms with Crippen molar-refractivity contribution in [2.45, 2.75) is 19.3 Å². The summed E-state index contributed by atoms with van der Waals surface area (Å²) in [6, 6.07) is 53.2. The van der Waals surface area contributed by atoms with E-state index in [-0.39, 0.29) is 71.0 Å². The van der Waals surface area contributed by atoms with Gasteiger partial charge in [0.05, 0.1) is 19.3 Å². The van der Waals surface area contributed by atoms with E-state index in [4.69, 9.17) is 0 Å². The van der Waals surface area contributed by atoms with Gasteiger partial charge in [-0.2, -0.15) is 0 Å². The summed E-state index contributed by atoms with van der Waals surface area (Å²) < 4.78 is 0. The molecule has 0 spiro atoms. The third kappa shape index (κ3) is 13.3. The number of Topliss-reactive ketones (excluding diaryl/α,β-unsaturated/α-hetero) is 6. The minimum absolute atomic E-state index is 0. The van der Waals surface area contributed by atoms with Crippen molar-refractivity contribution in [3.63, 3.8) is 0 Å². The van der Waals surface area contributed by atoms with Crippen LogP contribution in [0.3, 0.4) is 0 Å². The number of carbonyl (C=O) groups excluding carboxylic acids is 6. The van der Waals surface area contributed by atoms with Crippen LogP contribution in [0.1, 0.15) is 81.4 Å². The van der Waals surface area contributed by atoms with Gasteiger partial charge in [0.1, 0.15) is 0 Å². The van der Waals surface area contributed by atoms with Crippen molar-refractivity contribution >= 4 is 34.7 Å². The zero-order valence-corrected chi connectivity index (χ0v) is 29.3. The molecule has 52 heavy (non-hydrogen) atoms. The minimum atomic E-state index is -0.139. The fraction of sp³-hybridized carbons (Fsp3) is 0.0667. The summed E-state index contributed by atoms with van der Waals surface area (Å²) in [6.45, 7) is 0. The molecule has 0 heterocycles. The van der Waals surface area contributed by atoms with Crippen molar-refractivity contribution in [3.8, 4) is 0 Å². The molecule has 0 atom stereocenters. The number of benzene rings is 6. The topological polar surface area (TPSA) is 102 Å². The quantitative estimate of drug-likeness (QED) is 0.0707. The first-order chi connectivity index (χ1) is 24.8. The SMILES string of the molecule is O=C(CC(=O)c1ccccc1)c1ccccc1.O=C(CC(=O)c1ccccc1)c1ccccc1.O=C(CC(=O)c1ccccc1)c1ccccc1.[Fe]. The Morgan fingerprint density at radius 3 is 0.462 bits per heavy atom. The van der Waals surface area contributed by atoms with Crippen molar-refractivity contribution in [2.75, 3.05) is 0 Å². The van der Waals surface area contributed by atoms with Crippen LogP contribution < -0.4 is 0 Å². The van der Waals surface area contributed by atoms with E-state index in [0.29, 0.717) is 33.4 Å². The average molecular weight is 729 g/mol. The maximum Gasteiger partial charge on any atom is 0.170 e. The molecule has 260 valence electrons. The van der Waals surface area contributed by atoms with E-state index in [1.54, 1.807) is 146 Å². The average Bonchev–Trinajstić information content (AvgIpc) is 3.20. The fourth-order valence-electron chi connectivity index (χ4n) is 4.79. The molecular formula is C45H36FeO6. The predicted octanol–water partition coefficient (Wildman–Crippen LogP) is 9.42. The number of ketones is 6. The summed E-state index contributed by atoms with van der Waals surface area (Å²) in [4.78, 5) is 70.8. The van der Waals surface area contributed by atoms with E-state index >= 15 is 0 Å². The molecule has 6 aromatic rings. The first-order valence-corrected chi connectivity index (χ1v) is 16.3. The van der Waals surface area contributed by atoms with Gasteiger partial charge in [-0.3, -0.25) is 28.8 Å². The second-order valence-corrected chi connectivity index (χ2v) is 11.3. The summed E-state index contributed by atoms with van der Waals surface area (Å²) in [6.07, 6.45) is -0.226. The van der Waals surface area contributed by atoms with E-state index < -0.39 is 0 Å². The molecule has 0 unspecified atom stereocenters. The van der Waals surface area contributed by atoms with E-state index in [1.165, 1.54) is 0 Å². The van der Waals surface area contributed by atoms with Crippen LogP contribution in [-0.4, -0.2) is 34.7 Å². The molecule has 7 heteroatoms. The summed E-state index contributed by atoms with van der Waals surface area (Å²) in [7, 11) is 0. The fourth-order valence-corrected chi connectivity index (χ4v) is 4.79. The number of hydrogen-bond acceptors (Lipinski definition) is 6. The number of rotatable bonds is 12. The molecule has 0 N–H and O–H groups in total. The van der Waals surface area contributed by atoms with Gasteiger partial charge in [0.2, 0.25) is 0 Å². The molecule has 0 aliphatic carbocycles. The number of hydrogen-bond donors (Lipinski definition) is 0. The molecule has 0 aliphatic heterocycles. The third-order valence-electron chi connectivity index (χ3n) is 7.54. The molecule has 0 radical (unpaired) electrons. The first kappa shape index (κ1) is 40.3. The molecule has 6 nitrogen and oxygen atoms in total. The Hall–Kier alpha value is -6.14. The molecule has 0 saturated heterocycles. The standard InChI is InChI=1S/3C15H12O2.Fe/c3*16-14(12-7-3-1-4-8-12)11-15(17)13-9-5-2-6-10-13;/h3*1-10H,11H2;. The van der Waals surface area contributed by atoms with Gasteiger partial charge < -0.3 is 0 Å². The molecule has 0 bridgehead atoms. The van der Waals surface area contributed by atoms with Crippen LogP contribution in [0.4, 0.5) is 0 Å². The minimum Gasteiger partial charge on any atom is -0.294 e. The van der Waals surface area contributed by atoms with Crippen LogP contribution in [0, 0.1) is 0 Å². The van der Waals surface area contributed by atoms with Gasteiger partial charge in [-0.15, -0.1) is 0 Å². The summed E-state index contributed by atoms with van der Waals surface area (Å²) in [5.41, 5.74) is 3.48. The van der Waals surface area contributed by atoms with Crippen LogP contribution in [0.25, 0.3) is 0 Å². The largest absolute Gasteiger partial charge is 0.294 e. The molecular weight excluding hydrogens is 692 g/mol. The zero-order chi connectivity index (χ0) is 36.3. The Bertz CT molecular complexity index is 1640. The normalized spacial score (nSPS) is 9.69. The Morgan fingerprint density at radius 1 is 0.231 bits per heavy atom. The maximum absolute atomic E-state index is 11.8. The Balaban J connectivity index is 0.000000208. The van der Waals surface area contributed by atoms with Gasteiger partial charge >= 0.3 is 0 Å². The first-order valence-electron chi connectivity index (χ1n) is 16.3. The van der Waals surface area contributed by atoms with Gasteiger partial charge in [-0.25, -0.2) is 0 Å². The molecule has 6 aromatic carbocycles. The molecule has 0 aliphatic rings. The summed E-state index contributed by atoms with van der Waals surface area (Å²) in [5.74, 6) is -0.836. The van der Waals surface area contributed by atoms with Gasteiger partial charge in [0.15, 0.2) is 34.7 Å². The summed E-state index contributed by atoms with van der Waals surface area (Å²) >= 11 is 0. The van der Waals surface area contributed by atoms with Crippen LogP contribution in [0.15, 0.2) is 182 Å². The Kier molecular flexibility index (Phi) is 16.9. The summed E-state index contributed by atoms with van der Waals surface area (Å²) in [5, 5.41) is 0. The van der Waals surface area contributed by atoms with Crippen molar-refractivity contribution in [1.29, 1.82) is 0 Å². The van der Waals surface area contributed by atoms with Gasteiger partial charge in [-0.1, -0.05) is 182 Å². The van der Waals surface area contributed by atoms with Gasteiger partial charge in [0.25, 0.3) is 0 Å². The van der Waals surface area contributed by atoms with Crippen molar-refractivity contribution in [2.24, 2.45) is 0 Å². The predicted molar refractivity (Wildman–Crippen MR) is 198 cm³/mol. The Labute approximate surface area is 314 Å². The Morgan fingerprint density at radius 2 is 0.346 bits per heavy atom. The second-order valence-electron chi connectivity index (χ2n) is 11.3. The molecule has 0 saturated carbocycles. The molecule has 0 aromatic heterocycles. The second kappa shape index (κ2) is 21.8. The molecule has 0 fully saturated rings. The van der Waals surface area contributed by atoms with Crippen LogP contribution in [0.5, 0.6) is 0 Å². The van der Waals surface area contributed by atoms with Crippen LogP contribution >= 0.6 is 0 Å². The van der Waals surface area contributed by atoms with E-state index in [9.17, 15) is 28.8 Å². The van der Waals surface area contributed by atoms with Crippen molar-refractivity contribution < 1.29 is 45.8 Å². The van der Waals surface area contributed by atoms with Crippen LogP contribution in [-0.2, 0) is 17.1 Å². The van der Waals surface area contributed by atoms with E-state index in [0.717, 1.165) is 0 Å². The smallest absolute Gasteiger partial charge is 0.170 e.